The Balaban J connectivity index is 2.11. The van der Waals surface area contributed by atoms with Gasteiger partial charge in [-0.15, -0.1) is 0 Å². The topological polar surface area (TPSA) is 72.5 Å². The molecule has 3 N–H and O–H groups in total. The molecular formula is C12H19N5. The summed E-state index contributed by atoms with van der Waals surface area (Å²) in [6, 6.07) is 0.0457. The van der Waals surface area contributed by atoms with E-state index in [-0.39, 0.29) is 6.04 Å². The van der Waals surface area contributed by atoms with Gasteiger partial charge in [-0.2, -0.15) is 5.10 Å². The summed E-state index contributed by atoms with van der Waals surface area (Å²) in [6.45, 7) is 5.12. The summed E-state index contributed by atoms with van der Waals surface area (Å²) in [5, 5.41) is 6.74. The Labute approximate surface area is 101 Å². The molecule has 0 bridgehead atoms. The molecule has 0 amide bonds. The van der Waals surface area contributed by atoms with Gasteiger partial charge in [0, 0.05) is 24.0 Å². The van der Waals surface area contributed by atoms with Crippen LogP contribution in [-0.4, -0.2) is 19.7 Å². The van der Waals surface area contributed by atoms with Gasteiger partial charge >= 0.3 is 0 Å². The zero-order valence-corrected chi connectivity index (χ0v) is 10.3. The Morgan fingerprint density at radius 1 is 1.41 bits per heavy atom. The molecular weight excluding hydrogens is 214 g/mol. The molecule has 0 saturated carbocycles. The van der Waals surface area contributed by atoms with Crippen LogP contribution in [0.25, 0.3) is 0 Å². The largest absolute Gasteiger partial charge is 0.329 e. The molecule has 0 aliphatic carbocycles. The van der Waals surface area contributed by atoms with Crippen LogP contribution < -0.4 is 5.73 Å². The number of nitrogens with one attached hydrogen (secondary N) is 1. The van der Waals surface area contributed by atoms with E-state index in [9.17, 15) is 0 Å². The van der Waals surface area contributed by atoms with E-state index >= 15 is 0 Å². The Morgan fingerprint density at radius 3 is 2.88 bits per heavy atom. The molecule has 0 aromatic carbocycles. The maximum atomic E-state index is 6.19. The third-order valence-corrected chi connectivity index (χ3v) is 2.76. The molecule has 17 heavy (non-hydrogen) atoms. The van der Waals surface area contributed by atoms with Crippen LogP contribution in [0.1, 0.15) is 37.6 Å². The Bertz CT molecular complexity index is 443. The Hall–Kier alpha value is -1.62. The van der Waals surface area contributed by atoms with Crippen molar-refractivity contribution in [3.8, 4) is 0 Å². The predicted octanol–water partition coefficient (Wildman–Crippen LogP) is 1.70. The number of imidazole rings is 1. The van der Waals surface area contributed by atoms with Gasteiger partial charge in [0.25, 0.3) is 0 Å². The van der Waals surface area contributed by atoms with Crippen molar-refractivity contribution in [1.82, 2.24) is 19.7 Å². The molecule has 2 aromatic rings. The fraction of sp³-hybridized carbons (Fsp3) is 0.500. The smallest absolute Gasteiger partial charge is 0.0951 e. The zero-order chi connectivity index (χ0) is 12.3. The summed E-state index contributed by atoms with van der Waals surface area (Å²) in [5.74, 6) is 0.585. The van der Waals surface area contributed by atoms with Gasteiger partial charge in [0.2, 0.25) is 0 Å². The number of nitrogens with zero attached hydrogens (tertiary/aromatic N) is 3. The number of rotatable bonds is 5. The Kier molecular flexibility index (Phi) is 3.58. The van der Waals surface area contributed by atoms with Gasteiger partial charge in [-0.05, 0) is 12.3 Å². The molecule has 1 unspecified atom stereocenters. The molecule has 0 fully saturated rings. The van der Waals surface area contributed by atoms with E-state index in [4.69, 9.17) is 5.73 Å². The summed E-state index contributed by atoms with van der Waals surface area (Å²) >= 11 is 0. The number of aromatic nitrogens is 4. The normalized spacial score (nSPS) is 13.2. The predicted molar refractivity (Wildman–Crippen MR) is 66.3 cm³/mol. The lowest BCUT2D eigenvalue weighted by Crippen LogP contribution is -2.17. The minimum absolute atomic E-state index is 0.0457. The van der Waals surface area contributed by atoms with E-state index in [1.807, 2.05) is 24.9 Å². The van der Waals surface area contributed by atoms with Crippen molar-refractivity contribution in [1.29, 1.82) is 0 Å². The molecule has 5 heteroatoms. The van der Waals surface area contributed by atoms with Crippen molar-refractivity contribution < 1.29 is 0 Å². The molecule has 92 valence electrons. The van der Waals surface area contributed by atoms with Crippen LogP contribution in [0.5, 0.6) is 0 Å². The van der Waals surface area contributed by atoms with Crippen molar-refractivity contribution >= 4 is 0 Å². The number of hydrogen-bond donors (Lipinski definition) is 2. The quantitative estimate of drug-likeness (QED) is 0.825. The van der Waals surface area contributed by atoms with Crippen LogP contribution in [0.15, 0.2) is 24.9 Å². The SMILES string of the molecule is CC(C)CC(N)c1cncn1Cc1cn[nH]c1. The molecule has 2 rings (SSSR count). The molecule has 0 saturated heterocycles. The van der Waals surface area contributed by atoms with E-state index in [0.29, 0.717) is 5.92 Å². The molecule has 0 aliphatic rings. The third-order valence-electron chi connectivity index (χ3n) is 2.76. The fourth-order valence-corrected chi connectivity index (χ4v) is 1.96. The lowest BCUT2D eigenvalue weighted by Gasteiger charge is -2.16. The summed E-state index contributed by atoms with van der Waals surface area (Å²) in [4.78, 5) is 4.18. The number of nitrogens with two attached hydrogens (primary N) is 1. The average molecular weight is 233 g/mol. The van der Waals surface area contributed by atoms with Crippen LogP contribution in [0, 0.1) is 5.92 Å². The van der Waals surface area contributed by atoms with Gasteiger partial charge in [0.1, 0.15) is 0 Å². The van der Waals surface area contributed by atoms with E-state index < -0.39 is 0 Å². The summed E-state index contributed by atoms with van der Waals surface area (Å²) in [7, 11) is 0. The highest BCUT2D eigenvalue weighted by Crippen LogP contribution is 2.19. The number of hydrogen-bond acceptors (Lipinski definition) is 3. The van der Waals surface area contributed by atoms with Crippen molar-refractivity contribution in [3.05, 3.63) is 36.2 Å². The number of aromatic amines is 1. The first-order valence-corrected chi connectivity index (χ1v) is 5.90. The van der Waals surface area contributed by atoms with Crippen molar-refractivity contribution in [2.45, 2.75) is 32.9 Å². The van der Waals surface area contributed by atoms with Gasteiger partial charge in [-0.3, -0.25) is 5.10 Å². The van der Waals surface area contributed by atoms with Gasteiger partial charge in [0.15, 0.2) is 0 Å². The lowest BCUT2D eigenvalue weighted by atomic mass is 10.0. The standard InChI is InChI=1S/C12H19N5/c1-9(2)3-11(13)12-6-14-8-17(12)7-10-4-15-16-5-10/h4-6,8-9,11H,3,7,13H2,1-2H3,(H,15,16). The minimum atomic E-state index is 0.0457. The fourth-order valence-electron chi connectivity index (χ4n) is 1.96. The van der Waals surface area contributed by atoms with Crippen LogP contribution >= 0.6 is 0 Å². The third kappa shape index (κ3) is 2.94. The molecule has 2 heterocycles. The van der Waals surface area contributed by atoms with E-state index in [0.717, 1.165) is 24.2 Å². The zero-order valence-electron chi connectivity index (χ0n) is 10.3. The monoisotopic (exact) mass is 233 g/mol. The highest BCUT2D eigenvalue weighted by atomic mass is 15.1. The second-order valence-corrected chi connectivity index (χ2v) is 4.79. The summed E-state index contributed by atoms with van der Waals surface area (Å²) < 4.78 is 2.08. The van der Waals surface area contributed by atoms with E-state index in [1.54, 1.807) is 0 Å². The lowest BCUT2D eigenvalue weighted by molar-refractivity contribution is 0.488. The van der Waals surface area contributed by atoms with Crippen LogP contribution in [-0.2, 0) is 6.54 Å². The first-order valence-electron chi connectivity index (χ1n) is 5.90. The molecule has 0 aliphatic heterocycles. The second kappa shape index (κ2) is 5.14. The number of H-pyrrole nitrogens is 1. The molecule has 5 nitrogen and oxygen atoms in total. The molecule has 0 spiro atoms. The highest BCUT2D eigenvalue weighted by molar-refractivity contribution is 5.10. The second-order valence-electron chi connectivity index (χ2n) is 4.79. The van der Waals surface area contributed by atoms with Crippen LogP contribution in [0.2, 0.25) is 0 Å². The van der Waals surface area contributed by atoms with Crippen molar-refractivity contribution in [2.75, 3.05) is 0 Å². The average Bonchev–Trinajstić information content (AvgIpc) is 2.88. The van der Waals surface area contributed by atoms with Crippen LogP contribution in [0.3, 0.4) is 0 Å². The summed E-state index contributed by atoms with van der Waals surface area (Å²) in [5.41, 5.74) is 8.40. The summed E-state index contributed by atoms with van der Waals surface area (Å²) in [6.07, 6.45) is 8.35. The molecule has 2 aromatic heterocycles. The van der Waals surface area contributed by atoms with E-state index in [1.165, 1.54) is 0 Å². The first-order chi connectivity index (χ1) is 8.16. The van der Waals surface area contributed by atoms with Crippen molar-refractivity contribution in [3.63, 3.8) is 0 Å². The van der Waals surface area contributed by atoms with Gasteiger partial charge in [-0.25, -0.2) is 4.98 Å². The maximum Gasteiger partial charge on any atom is 0.0951 e. The van der Waals surface area contributed by atoms with Gasteiger partial charge in [-0.1, -0.05) is 13.8 Å². The maximum absolute atomic E-state index is 6.19. The molecule has 0 radical (unpaired) electrons. The van der Waals surface area contributed by atoms with Crippen molar-refractivity contribution in [2.24, 2.45) is 11.7 Å². The molecule has 1 atom stereocenters. The van der Waals surface area contributed by atoms with E-state index in [2.05, 4.69) is 33.6 Å². The Morgan fingerprint density at radius 2 is 2.24 bits per heavy atom. The highest BCUT2D eigenvalue weighted by Gasteiger charge is 2.13. The minimum Gasteiger partial charge on any atom is -0.329 e. The van der Waals surface area contributed by atoms with Gasteiger partial charge in [0.05, 0.1) is 24.8 Å². The van der Waals surface area contributed by atoms with Gasteiger partial charge < -0.3 is 10.3 Å². The van der Waals surface area contributed by atoms with Crippen LogP contribution in [0.4, 0.5) is 0 Å². The first kappa shape index (κ1) is 11.9.